The molecule has 2 aromatic heterocycles. The third-order valence-corrected chi connectivity index (χ3v) is 5.26. The second-order valence-corrected chi connectivity index (χ2v) is 7.58. The third-order valence-electron chi connectivity index (χ3n) is 3.58. The summed E-state index contributed by atoms with van der Waals surface area (Å²) in [6.45, 7) is 3.80. The van der Waals surface area contributed by atoms with E-state index in [1.807, 2.05) is 26.0 Å². The van der Waals surface area contributed by atoms with Crippen LogP contribution in [0.1, 0.15) is 19.4 Å². The van der Waals surface area contributed by atoms with Gasteiger partial charge in [-0.05, 0) is 43.7 Å². The van der Waals surface area contributed by atoms with Crippen LogP contribution in [0, 0.1) is 0 Å². The van der Waals surface area contributed by atoms with Gasteiger partial charge in [-0.1, -0.05) is 12.1 Å². The number of nitrogens with zero attached hydrogens (tertiary/aromatic N) is 2. The average molecular weight is 315 g/mol. The Kier molecular flexibility index (Phi) is 3.30. The van der Waals surface area contributed by atoms with E-state index >= 15 is 0 Å². The van der Waals surface area contributed by atoms with Crippen LogP contribution in [0.4, 0.5) is 0 Å². The van der Waals surface area contributed by atoms with Gasteiger partial charge in [-0.2, -0.15) is 0 Å². The molecule has 22 heavy (non-hydrogen) atoms. The zero-order valence-corrected chi connectivity index (χ0v) is 13.2. The van der Waals surface area contributed by atoms with Crippen LogP contribution in [0.2, 0.25) is 0 Å². The van der Waals surface area contributed by atoms with E-state index in [0.717, 1.165) is 10.9 Å². The summed E-state index contributed by atoms with van der Waals surface area (Å²) in [5, 5.41) is 0.836. The number of fused-ring (bicyclic) bond motifs is 1. The Morgan fingerprint density at radius 1 is 1.14 bits per heavy atom. The predicted molar refractivity (Wildman–Crippen MR) is 86.0 cm³/mol. The highest BCUT2D eigenvalue weighted by atomic mass is 32.2. The Morgan fingerprint density at radius 2 is 1.91 bits per heavy atom. The first-order valence-electron chi connectivity index (χ1n) is 6.87. The summed E-state index contributed by atoms with van der Waals surface area (Å²) in [5.74, 6) is 0. The maximum atomic E-state index is 12.8. The smallest absolute Gasteiger partial charge is 0.269 e. The molecule has 114 valence electrons. The van der Waals surface area contributed by atoms with Gasteiger partial charge >= 0.3 is 0 Å². The minimum absolute atomic E-state index is 0.157. The second-order valence-electron chi connectivity index (χ2n) is 5.77. The Bertz CT molecular complexity index is 923. The van der Waals surface area contributed by atoms with Gasteiger partial charge in [0.2, 0.25) is 0 Å². The number of hydrogen-bond acceptors (Lipinski definition) is 4. The first-order chi connectivity index (χ1) is 10.3. The fraction of sp³-hybridized carbons (Fsp3) is 0.188. The summed E-state index contributed by atoms with van der Waals surface area (Å²) in [4.78, 5) is 4.04. The average Bonchev–Trinajstić information content (AvgIpc) is 2.91. The fourth-order valence-corrected chi connectivity index (χ4v) is 3.84. The van der Waals surface area contributed by atoms with E-state index in [2.05, 4.69) is 4.98 Å². The molecule has 0 saturated heterocycles. The quantitative estimate of drug-likeness (QED) is 0.805. The minimum Gasteiger partial charge on any atom is -0.322 e. The standard InChI is InChI=1S/C16H17N3O2S/c1-16(2,17)14-6-3-7-15-13(14)8-10-19(15)22(20,21)12-5-4-9-18-11-12/h3-11H,17H2,1-2H3. The van der Waals surface area contributed by atoms with Crippen LogP contribution in [0.25, 0.3) is 10.9 Å². The van der Waals surface area contributed by atoms with Crippen LogP contribution in [-0.4, -0.2) is 17.4 Å². The van der Waals surface area contributed by atoms with E-state index in [1.54, 1.807) is 30.6 Å². The molecule has 6 heteroatoms. The molecule has 3 rings (SSSR count). The topological polar surface area (TPSA) is 78.0 Å². The molecule has 1 aromatic carbocycles. The summed E-state index contributed by atoms with van der Waals surface area (Å²) >= 11 is 0. The van der Waals surface area contributed by atoms with Crippen molar-refractivity contribution in [2.75, 3.05) is 0 Å². The third kappa shape index (κ3) is 2.30. The van der Waals surface area contributed by atoms with Crippen LogP contribution < -0.4 is 5.73 Å². The highest BCUT2D eigenvalue weighted by Gasteiger charge is 2.23. The summed E-state index contributed by atoms with van der Waals surface area (Å²) in [5.41, 5.74) is 7.15. The van der Waals surface area contributed by atoms with Crippen molar-refractivity contribution in [3.63, 3.8) is 0 Å². The largest absolute Gasteiger partial charge is 0.322 e. The Hall–Kier alpha value is -2.18. The number of hydrogen-bond donors (Lipinski definition) is 1. The lowest BCUT2D eigenvalue weighted by molar-refractivity contribution is 0.559. The molecule has 0 radical (unpaired) electrons. The van der Waals surface area contributed by atoms with Gasteiger partial charge in [0.15, 0.2) is 0 Å². The normalized spacial score (nSPS) is 12.7. The molecule has 0 aliphatic heterocycles. The van der Waals surface area contributed by atoms with Crippen molar-refractivity contribution in [1.82, 2.24) is 8.96 Å². The Balaban J connectivity index is 2.27. The molecule has 0 saturated carbocycles. The van der Waals surface area contributed by atoms with Crippen molar-refractivity contribution < 1.29 is 8.42 Å². The molecular formula is C16H17N3O2S. The number of nitrogens with two attached hydrogens (primary N) is 1. The zero-order chi connectivity index (χ0) is 16.0. The van der Waals surface area contributed by atoms with E-state index < -0.39 is 15.6 Å². The molecule has 0 amide bonds. The van der Waals surface area contributed by atoms with Crippen LogP contribution in [0.15, 0.2) is 59.9 Å². The zero-order valence-electron chi connectivity index (χ0n) is 12.4. The van der Waals surface area contributed by atoms with E-state index in [0.29, 0.717) is 5.52 Å². The van der Waals surface area contributed by atoms with Crippen LogP contribution >= 0.6 is 0 Å². The van der Waals surface area contributed by atoms with Crippen LogP contribution in [-0.2, 0) is 15.6 Å². The molecule has 0 fully saturated rings. The van der Waals surface area contributed by atoms with Crippen LogP contribution in [0.3, 0.4) is 0 Å². The molecule has 0 unspecified atom stereocenters. The second kappa shape index (κ2) is 4.93. The van der Waals surface area contributed by atoms with Gasteiger partial charge in [-0.3, -0.25) is 4.98 Å². The van der Waals surface area contributed by atoms with Gasteiger partial charge in [0.1, 0.15) is 4.90 Å². The van der Waals surface area contributed by atoms with Gasteiger partial charge in [0.25, 0.3) is 10.0 Å². The molecule has 0 spiro atoms. The van der Waals surface area contributed by atoms with Crippen molar-refractivity contribution in [3.8, 4) is 0 Å². The van der Waals surface area contributed by atoms with Gasteiger partial charge in [-0.25, -0.2) is 12.4 Å². The lowest BCUT2D eigenvalue weighted by Gasteiger charge is -2.20. The molecular weight excluding hydrogens is 298 g/mol. The first kappa shape index (κ1) is 14.7. The molecule has 5 nitrogen and oxygen atoms in total. The van der Waals surface area contributed by atoms with Crippen molar-refractivity contribution in [2.24, 2.45) is 5.73 Å². The maximum absolute atomic E-state index is 12.8. The molecule has 2 N–H and O–H groups in total. The molecule has 2 heterocycles. The minimum atomic E-state index is -3.67. The molecule has 0 bridgehead atoms. The van der Waals surface area contributed by atoms with Crippen molar-refractivity contribution >= 4 is 20.9 Å². The lowest BCUT2D eigenvalue weighted by atomic mass is 9.93. The molecule has 3 aromatic rings. The van der Waals surface area contributed by atoms with Gasteiger partial charge in [-0.15, -0.1) is 0 Å². The van der Waals surface area contributed by atoms with Crippen molar-refractivity contribution in [1.29, 1.82) is 0 Å². The van der Waals surface area contributed by atoms with E-state index in [-0.39, 0.29) is 4.90 Å². The molecule has 0 atom stereocenters. The monoisotopic (exact) mass is 315 g/mol. The van der Waals surface area contributed by atoms with E-state index in [4.69, 9.17) is 5.73 Å². The molecule has 0 aliphatic rings. The number of rotatable bonds is 3. The Labute approximate surface area is 129 Å². The fourth-order valence-electron chi connectivity index (χ4n) is 2.53. The predicted octanol–water partition coefficient (Wildman–Crippen LogP) is 2.47. The summed E-state index contributed by atoms with van der Waals surface area (Å²) in [7, 11) is -3.67. The highest BCUT2D eigenvalue weighted by molar-refractivity contribution is 7.90. The molecule has 0 aliphatic carbocycles. The first-order valence-corrected chi connectivity index (χ1v) is 8.31. The summed E-state index contributed by atoms with van der Waals surface area (Å²) in [6, 6.07) is 10.4. The van der Waals surface area contributed by atoms with E-state index in [1.165, 1.54) is 16.2 Å². The maximum Gasteiger partial charge on any atom is 0.269 e. The van der Waals surface area contributed by atoms with Gasteiger partial charge < -0.3 is 5.73 Å². The number of pyridine rings is 1. The Morgan fingerprint density at radius 3 is 2.55 bits per heavy atom. The van der Waals surface area contributed by atoms with Crippen LogP contribution in [0.5, 0.6) is 0 Å². The van der Waals surface area contributed by atoms with Gasteiger partial charge in [0, 0.05) is 29.5 Å². The van der Waals surface area contributed by atoms with Gasteiger partial charge in [0.05, 0.1) is 5.52 Å². The van der Waals surface area contributed by atoms with Crippen molar-refractivity contribution in [2.45, 2.75) is 24.3 Å². The lowest BCUT2D eigenvalue weighted by Crippen LogP contribution is -2.28. The summed E-state index contributed by atoms with van der Waals surface area (Å²) < 4.78 is 26.8. The SMILES string of the molecule is CC(C)(N)c1cccc2c1ccn2S(=O)(=O)c1cccnc1. The highest BCUT2D eigenvalue weighted by Crippen LogP contribution is 2.29. The van der Waals surface area contributed by atoms with E-state index in [9.17, 15) is 8.42 Å². The summed E-state index contributed by atoms with van der Waals surface area (Å²) in [6.07, 6.45) is 4.45. The number of benzene rings is 1. The number of aromatic nitrogens is 2. The van der Waals surface area contributed by atoms with Crippen molar-refractivity contribution in [3.05, 3.63) is 60.6 Å².